The highest BCUT2D eigenvalue weighted by molar-refractivity contribution is 6.06. The Bertz CT molecular complexity index is 1440. The molecule has 176 valence electrons. The van der Waals surface area contributed by atoms with Gasteiger partial charge in [-0.25, -0.2) is 9.37 Å². The molecule has 7 nitrogen and oxygen atoms in total. The first-order valence-electron chi connectivity index (χ1n) is 11.1. The molecule has 0 saturated carbocycles. The van der Waals surface area contributed by atoms with Crippen molar-refractivity contribution in [2.45, 2.75) is 19.9 Å². The number of halogens is 1. The molecule has 2 heterocycles. The smallest absolute Gasteiger partial charge is 0.252 e. The molecule has 0 atom stereocenters. The van der Waals surface area contributed by atoms with Gasteiger partial charge in [0.15, 0.2) is 0 Å². The second-order valence-corrected chi connectivity index (χ2v) is 8.38. The summed E-state index contributed by atoms with van der Waals surface area (Å²) < 4.78 is 20.3. The van der Waals surface area contributed by atoms with Gasteiger partial charge < -0.3 is 20.4 Å². The molecule has 1 aliphatic rings. The van der Waals surface area contributed by atoms with Gasteiger partial charge in [0.25, 0.3) is 5.91 Å². The summed E-state index contributed by atoms with van der Waals surface area (Å²) in [6.45, 7) is 2.19. The molecule has 0 saturated heterocycles. The molecular weight excluding hydrogens is 447 g/mol. The van der Waals surface area contributed by atoms with E-state index in [-0.39, 0.29) is 18.2 Å². The number of nitrogens with zero attached hydrogens (tertiary/aromatic N) is 1. The monoisotopic (exact) mass is 470 g/mol. The summed E-state index contributed by atoms with van der Waals surface area (Å²) in [7, 11) is 1.58. The Balaban J connectivity index is 1.39. The van der Waals surface area contributed by atoms with E-state index in [2.05, 4.69) is 20.6 Å². The Labute approximate surface area is 201 Å². The SMILES string of the molecule is COc1ccc(CC(=O)Nc2ccc(-c3ccc(-c4ncc(C)[nH]4)c4c3CNC4=O)c(F)c2)cc1. The van der Waals surface area contributed by atoms with Crippen LogP contribution in [0, 0.1) is 12.7 Å². The maximum Gasteiger partial charge on any atom is 0.252 e. The number of benzene rings is 3. The van der Waals surface area contributed by atoms with Gasteiger partial charge in [0.2, 0.25) is 5.91 Å². The molecule has 5 rings (SSSR count). The van der Waals surface area contributed by atoms with Crippen LogP contribution in [0.15, 0.2) is 60.8 Å². The summed E-state index contributed by atoms with van der Waals surface area (Å²) in [6.07, 6.45) is 1.85. The van der Waals surface area contributed by atoms with Gasteiger partial charge in [0, 0.05) is 35.2 Å². The van der Waals surface area contributed by atoms with Gasteiger partial charge in [-0.15, -0.1) is 0 Å². The number of aryl methyl sites for hydroxylation is 1. The number of anilines is 1. The molecule has 3 aromatic carbocycles. The fraction of sp³-hybridized carbons (Fsp3) is 0.148. The lowest BCUT2D eigenvalue weighted by Gasteiger charge is -2.13. The lowest BCUT2D eigenvalue weighted by atomic mass is 9.92. The van der Waals surface area contributed by atoms with Crippen molar-refractivity contribution in [1.82, 2.24) is 15.3 Å². The third-order valence-corrected chi connectivity index (χ3v) is 5.99. The number of hydrogen-bond acceptors (Lipinski definition) is 4. The van der Waals surface area contributed by atoms with Crippen molar-refractivity contribution in [3.63, 3.8) is 0 Å². The van der Waals surface area contributed by atoms with Crippen molar-refractivity contribution in [2.75, 3.05) is 12.4 Å². The molecule has 2 amide bonds. The van der Waals surface area contributed by atoms with E-state index in [1.54, 1.807) is 49.7 Å². The highest BCUT2D eigenvalue weighted by Gasteiger charge is 2.28. The summed E-state index contributed by atoms with van der Waals surface area (Å²) in [5.74, 6) is 0.348. The molecule has 3 N–H and O–H groups in total. The second kappa shape index (κ2) is 9.06. The van der Waals surface area contributed by atoms with Crippen molar-refractivity contribution >= 4 is 17.5 Å². The largest absolute Gasteiger partial charge is 0.497 e. The van der Waals surface area contributed by atoms with Crippen molar-refractivity contribution in [3.05, 3.63) is 89.0 Å². The Morgan fingerprint density at radius 3 is 2.51 bits per heavy atom. The number of H-pyrrole nitrogens is 1. The summed E-state index contributed by atoms with van der Waals surface area (Å²) in [5, 5.41) is 5.57. The van der Waals surface area contributed by atoms with Gasteiger partial charge in [0.05, 0.1) is 19.1 Å². The fourth-order valence-corrected chi connectivity index (χ4v) is 4.29. The van der Waals surface area contributed by atoms with E-state index in [4.69, 9.17) is 4.74 Å². The topological polar surface area (TPSA) is 96.1 Å². The summed E-state index contributed by atoms with van der Waals surface area (Å²) in [5.41, 5.74) is 4.93. The first kappa shape index (κ1) is 22.3. The highest BCUT2D eigenvalue weighted by atomic mass is 19.1. The summed E-state index contributed by atoms with van der Waals surface area (Å²) in [6, 6.07) is 15.3. The number of nitrogens with one attached hydrogen (secondary N) is 3. The van der Waals surface area contributed by atoms with Gasteiger partial charge in [0.1, 0.15) is 17.4 Å². The van der Waals surface area contributed by atoms with Crippen LogP contribution in [0.2, 0.25) is 0 Å². The molecular formula is C27H23FN4O3. The van der Waals surface area contributed by atoms with Gasteiger partial charge in [-0.1, -0.05) is 18.2 Å². The maximum atomic E-state index is 15.2. The molecule has 0 spiro atoms. The number of hydrogen-bond donors (Lipinski definition) is 3. The van der Waals surface area contributed by atoms with Crippen LogP contribution in [0.3, 0.4) is 0 Å². The lowest BCUT2D eigenvalue weighted by Crippen LogP contribution is -2.14. The number of carbonyl (C=O) groups excluding carboxylic acids is 2. The van der Waals surface area contributed by atoms with Crippen LogP contribution >= 0.6 is 0 Å². The molecule has 0 bridgehead atoms. The zero-order valence-corrected chi connectivity index (χ0v) is 19.2. The fourth-order valence-electron chi connectivity index (χ4n) is 4.29. The van der Waals surface area contributed by atoms with Crippen molar-refractivity contribution < 1.29 is 18.7 Å². The Morgan fingerprint density at radius 1 is 1.09 bits per heavy atom. The van der Waals surface area contributed by atoms with E-state index in [1.165, 1.54) is 6.07 Å². The molecule has 1 aliphatic heterocycles. The molecule has 8 heteroatoms. The number of methoxy groups -OCH3 is 1. The molecule has 0 radical (unpaired) electrons. The van der Waals surface area contributed by atoms with E-state index >= 15 is 4.39 Å². The van der Waals surface area contributed by atoms with E-state index in [0.717, 1.165) is 16.8 Å². The number of amides is 2. The minimum absolute atomic E-state index is 0.155. The zero-order chi connectivity index (χ0) is 24.5. The van der Waals surface area contributed by atoms with Gasteiger partial charge in [-0.2, -0.15) is 0 Å². The Morgan fingerprint density at radius 2 is 1.83 bits per heavy atom. The van der Waals surface area contributed by atoms with E-state index in [1.807, 2.05) is 19.1 Å². The number of ether oxygens (including phenoxy) is 1. The third kappa shape index (κ3) is 4.38. The maximum absolute atomic E-state index is 15.2. The Hall–Kier alpha value is -4.46. The van der Waals surface area contributed by atoms with Crippen LogP contribution < -0.4 is 15.4 Å². The number of imidazole rings is 1. The first-order valence-corrected chi connectivity index (χ1v) is 11.1. The number of carbonyl (C=O) groups is 2. The van der Waals surface area contributed by atoms with Crippen LogP contribution in [-0.2, 0) is 17.8 Å². The van der Waals surface area contributed by atoms with Crippen molar-refractivity contribution in [2.24, 2.45) is 0 Å². The van der Waals surface area contributed by atoms with E-state index in [9.17, 15) is 9.59 Å². The summed E-state index contributed by atoms with van der Waals surface area (Å²) in [4.78, 5) is 32.5. The van der Waals surface area contributed by atoms with E-state index in [0.29, 0.717) is 46.1 Å². The minimum atomic E-state index is -0.490. The van der Waals surface area contributed by atoms with Crippen molar-refractivity contribution in [3.8, 4) is 28.3 Å². The molecule has 35 heavy (non-hydrogen) atoms. The van der Waals surface area contributed by atoms with Crippen LogP contribution in [0.1, 0.15) is 27.2 Å². The van der Waals surface area contributed by atoms with Crippen molar-refractivity contribution in [1.29, 1.82) is 0 Å². The van der Waals surface area contributed by atoms with Gasteiger partial charge in [-0.05, 0) is 60.0 Å². The molecule has 1 aromatic heterocycles. The van der Waals surface area contributed by atoms with Crippen LogP contribution in [0.25, 0.3) is 22.5 Å². The molecule has 0 fully saturated rings. The van der Waals surface area contributed by atoms with Gasteiger partial charge >= 0.3 is 0 Å². The van der Waals surface area contributed by atoms with Crippen LogP contribution in [0.5, 0.6) is 5.75 Å². The number of aromatic amines is 1. The Kier molecular flexibility index (Phi) is 5.78. The predicted octanol–water partition coefficient (Wildman–Crippen LogP) is 4.62. The molecule has 0 unspecified atom stereocenters. The quantitative estimate of drug-likeness (QED) is 0.383. The van der Waals surface area contributed by atoms with E-state index < -0.39 is 5.82 Å². The second-order valence-electron chi connectivity index (χ2n) is 8.38. The summed E-state index contributed by atoms with van der Waals surface area (Å²) >= 11 is 0. The minimum Gasteiger partial charge on any atom is -0.497 e. The first-order chi connectivity index (χ1) is 16.9. The highest BCUT2D eigenvalue weighted by Crippen LogP contribution is 2.36. The van der Waals surface area contributed by atoms with Gasteiger partial charge in [-0.3, -0.25) is 9.59 Å². The third-order valence-electron chi connectivity index (χ3n) is 5.99. The van der Waals surface area contributed by atoms with Crippen LogP contribution in [-0.4, -0.2) is 28.9 Å². The number of fused-ring (bicyclic) bond motifs is 1. The normalized spacial score (nSPS) is 12.3. The molecule has 4 aromatic rings. The van der Waals surface area contributed by atoms with Crippen LogP contribution in [0.4, 0.5) is 10.1 Å². The zero-order valence-electron chi connectivity index (χ0n) is 19.2. The average Bonchev–Trinajstić information content (AvgIpc) is 3.45. The number of rotatable bonds is 6. The standard InChI is InChI=1S/C27H23FN4O3/c1-15-13-29-26(31-15)21-10-9-19(22-14-30-27(34)25(21)22)20-8-5-17(12-23(20)28)32-24(33)11-16-3-6-18(35-2)7-4-16/h3-10,12-13H,11,14H2,1-2H3,(H,29,31)(H,30,34)(H,32,33). The predicted molar refractivity (Wildman–Crippen MR) is 131 cm³/mol. The average molecular weight is 471 g/mol. The lowest BCUT2D eigenvalue weighted by molar-refractivity contribution is -0.115. The molecule has 0 aliphatic carbocycles. The number of aromatic nitrogens is 2.